The summed E-state index contributed by atoms with van der Waals surface area (Å²) in [6.07, 6.45) is 10.2. The van der Waals surface area contributed by atoms with Gasteiger partial charge >= 0.3 is 0 Å². The van der Waals surface area contributed by atoms with Gasteiger partial charge in [-0.15, -0.1) is 11.8 Å². The number of amides is 3. The van der Waals surface area contributed by atoms with Crippen LogP contribution in [0.25, 0.3) is 0 Å². The molecule has 0 aliphatic carbocycles. The van der Waals surface area contributed by atoms with Crippen molar-refractivity contribution in [3.05, 3.63) is 88.9 Å². The topological polar surface area (TPSA) is 91.7 Å². The minimum atomic E-state index is -0.397. The predicted molar refractivity (Wildman–Crippen MR) is 136 cm³/mol. The summed E-state index contributed by atoms with van der Waals surface area (Å²) in [5.74, 6) is -0.201. The number of imide groups is 1. The molecule has 8 heteroatoms. The molecule has 0 unspecified atom stereocenters. The molecule has 3 rings (SSSR count). The van der Waals surface area contributed by atoms with Crippen LogP contribution < -0.4 is 5.32 Å². The Morgan fingerprint density at radius 3 is 2.41 bits per heavy atom. The number of nitrogens with one attached hydrogen (secondary N) is 1. The molecular formula is C26H26N4O3S. The Hall–Kier alpha value is -3.78. The summed E-state index contributed by atoms with van der Waals surface area (Å²) in [6, 6.07) is 9.40. The third-order valence-corrected chi connectivity index (χ3v) is 5.86. The first-order valence-electron chi connectivity index (χ1n) is 10.6. The normalized spacial score (nSPS) is 17.8. The number of allylic oxidation sites excluding steroid dienone is 4. The van der Waals surface area contributed by atoms with Crippen molar-refractivity contribution in [1.29, 1.82) is 0 Å². The Morgan fingerprint density at radius 2 is 1.74 bits per heavy atom. The number of aliphatic imine (C=N–C) groups is 1. The molecule has 0 saturated carbocycles. The fourth-order valence-electron chi connectivity index (χ4n) is 3.41. The van der Waals surface area contributed by atoms with E-state index in [0.717, 1.165) is 27.3 Å². The van der Waals surface area contributed by atoms with Crippen LogP contribution in [-0.2, 0) is 9.59 Å². The van der Waals surface area contributed by atoms with Crippen molar-refractivity contribution in [3.8, 4) is 0 Å². The van der Waals surface area contributed by atoms with Gasteiger partial charge in [0.05, 0.1) is 5.56 Å². The molecule has 1 aromatic heterocycles. The Balaban J connectivity index is 1.70. The van der Waals surface area contributed by atoms with E-state index in [2.05, 4.69) is 21.4 Å². The summed E-state index contributed by atoms with van der Waals surface area (Å²) in [5.41, 5.74) is 4.33. The van der Waals surface area contributed by atoms with Gasteiger partial charge in [0.2, 0.25) is 11.8 Å². The van der Waals surface area contributed by atoms with Gasteiger partial charge in [0.25, 0.3) is 5.91 Å². The second-order valence-electron chi connectivity index (χ2n) is 7.75. The SMILES string of the molecule is CC(=O)N(C(C)=O)C1=C\C=C\C(CSc2ncccc2C(=O)Nc2cc(C)cc(C)c2)=C/C=N\1. The van der Waals surface area contributed by atoms with Gasteiger partial charge in [-0.2, -0.15) is 0 Å². The van der Waals surface area contributed by atoms with E-state index in [-0.39, 0.29) is 11.7 Å². The molecule has 1 aromatic carbocycles. The van der Waals surface area contributed by atoms with E-state index in [9.17, 15) is 14.4 Å². The molecule has 1 aliphatic rings. The Morgan fingerprint density at radius 1 is 1.03 bits per heavy atom. The van der Waals surface area contributed by atoms with Crippen molar-refractivity contribution in [2.75, 3.05) is 11.1 Å². The van der Waals surface area contributed by atoms with Crippen molar-refractivity contribution in [1.82, 2.24) is 9.88 Å². The standard InChI is InChI=1S/C26H26N4O3S/c1-17-13-18(2)15-22(14-17)29-25(33)23-8-6-11-28-26(23)34-16-21-7-5-9-24(27-12-10-21)30(19(3)31)20(4)32/h5-15H,16H2,1-4H3,(H,29,33)/b7-5+,9-5?,12-10?,21-7?,21-10+,24-9-,27-12-,27-24?. The maximum atomic E-state index is 12.9. The molecule has 1 aliphatic heterocycles. The molecule has 0 saturated heterocycles. The van der Waals surface area contributed by atoms with Crippen molar-refractivity contribution in [2.24, 2.45) is 4.99 Å². The van der Waals surface area contributed by atoms with Gasteiger partial charge in [-0.1, -0.05) is 18.2 Å². The molecular weight excluding hydrogens is 448 g/mol. The van der Waals surface area contributed by atoms with E-state index < -0.39 is 11.8 Å². The first-order valence-corrected chi connectivity index (χ1v) is 11.6. The van der Waals surface area contributed by atoms with Crippen LogP contribution in [0, 0.1) is 13.8 Å². The Kier molecular flexibility index (Phi) is 8.32. The summed E-state index contributed by atoms with van der Waals surface area (Å²) in [7, 11) is 0. The molecule has 174 valence electrons. The number of aryl methyl sites for hydroxylation is 2. The van der Waals surface area contributed by atoms with Crippen LogP contribution in [0.2, 0.25) is 0 Å². The average Bonchev–Trinajstić information content (AvgIpc) is 2.73. The summed E-state index contributed by atoms with van der Waals surface area (Å²) in [6.45, 7) is 6.62. The molecule has 34 heavy (non-hydrogen) atoms. The predicted octanol–water partition coefficient (Wildman–Crippen LogP) is 4.85. The van der Waals surface area contributed by atoms with Gasteiger partial charge in [-0.05, 0) is 67.0 Å². The fourth-order valence-corrected chi connectivity index (χ4v) is 4.36. The lowest BCUT2D eigenvalue weighted by Crippen LogP contribution is -2.31. The molecule has 7 nitrogen and oxygen atoms in total. The Labute approximate surface area is 203 Å². The van der Waals surface area contributed by atoms with Crippen molar-refractivity contribution in [2.45, 2.75) is 32.7 Å². The molecule has 3 amide bonds. The number of anilines is 1. The van der Waals surface area contributed by atoms with E-state index in [1.807, 2.05) is 32.1 Å². The number of hydrogen-bond acceptors (Lipinski definition) is 6. The van der Waals surface area contributed by atoms with Gasteiger partial charge in [0, 0.05) is 37.7 Å². The molecule has 0 bridgehead atoms. The van der Waals surface area contributed by atoms with Gasteiger partial charge in [0.1, 0.15) is 10.8 Å². The molecule has 0 radical (unpaired) electrons. The van der Waals surface area contributed by atoms with Crippen LogP contribution in [0.4, 0.5) is 5.69 Å². The first kappa shape index (κ1) is 24.9. The summed E-state index contributed by atoms with van der Waals surface area (Å²) in [5, 5.41) is 3.58. The van der Waals surface area contributed by atoms with Crippen LogP contribution in [0.3, 0.4) is 0 Å². The van der Waals surface area contributed by atoms with Crippen molar-refractivity contribution in [3.63, 3.8) is 0 Å². The zero-order chi connectivity index (χ0) is 24.7. The first-order chi connectivity index (χ1) is 16.2. The van der Waals surface area contributed by atoms with Gasteiger partial charge < -0.3 is 5.32 Å². The fraction of sp³-hybridized carbons (Fsp3) is 0.192. The number of benzene rings is 1. The highest BCUT2D eigenvalue weighted by atomic mass is 32.2. The number of hydrogen-bond donors (Lipinski definition) is 1. The lowest BCUT2D eigenvalue weighted by Gasteiger charge is -2.17. The maximum absolute atomic E-state index is 12.9. The molecule has 0 fully saturated rings. The second-order valence-corrected chi connectivity index (χ2v) is 8.72. The highest BCUT2D eigenvalue weighted by Gasteiger charge is 2.18. The summed E-state index contributed by atoms with van der Waals surface area (Å²) < 4.78 is 0. The van der Waals surface area contributed by atoms with E-state index >= 15 is 0 Å². The Bertz CT molecular complexity index is 1210. The number of carbonyl (C=O) groups is 3. The largest absolute Gasteiger partial charge is 0.322 e. The molecule has 0 spiro atoms. The van der Waals surface area contributed by atoms with Crippen LogP contribution in [0.15, 0.2) is 82.2 Å². The summed E-state index contributed by atoms with van der Waals surface area (Å²) >= 11 is 1.44. The van der Waals surface area contributed by atoms with E-state index in [1.165, 1.54) is 25.6 Å². The molecule has 2 aromatic rings. The average molecular weight is 475 g/mol. The highest BCUT2D eigenvalue weighted by molar-refractivity contribution is 7.99. The monoisotopic (exact) mass is 474 g/mol. The molecule has 0 atom stereocenters. The second kappa shape index (κ2) is 11.4. The van der Waals surface area contributed by atoms with Crippen molar-refractivity contribution < 1.29 is 14.4 Å². The van der Waals surface area contributed by atoms with Crippen LogP contribution >= 0.6 is 11.8 Å². The molecule has 2 heterocycles. The zero-order valence-corrected chi connectivity index (χ0v) is 20.3. The third-order valence-electron chi connectivity index (χ3n) is 4.78. The van der Waals surface area contributed by atoms with Gasteiger partial charge in [-0.25, -0.2) is 14.9 Å². The van der Waals surface area contributed by atoms with E-state index in [0.29, 0.717) is 16.3 Å². The number of carbonyl (C=O) groups excluding carboxylic acids is 3. The number of nitrogens with zero attached hydrogens (tertiary/aromatic N) is 3. The lowest BCUT2D eigenvalue weighted by molar-refractivity contribution is -0.139. The third kappa shape index (κ3) is 6.62. The van der Waals surface area contributed by atoms with E-state index in [4.69, 9.17) is 0 Å². The lowest BCUT2D eigenvalue weighted by atomic mass is 10.1. The quantitative estimate of drug-likeness (QED) is 0.605. The smallest absolute Gasteiger partial charge is 0.258 e. The number of pyridine rings is 1. The van der Waals surface area contributed by atoms with Crippen molar-refractivity contribution >= 4 is 41.4 Å². The van der Waals surface area contributed by atoms with Gasteiger partial charge in [-0.3, -0.25) is 14.4 Å². The van der Waals surface area contributed by atoms with Crippen LogP contribution in [0.5, 0.6) is 0 Å². The van der Waals surface area contributed by atoms with E-state index in [1.54, 1.807) is 42.8 Å². The molecule has 1 N–H and O–H groups in total. The summed E-state index contributed by atoms with van der Waals surface area (Å²) in [4.78, 5) is 46.1. The number of aromatic nitrogens is 1. The van der Waals surface area contributed by atoms with Gasteiger partial charge in [0.15, 0.2) is 0 Å². The minimum absolute atomic E-state index is 0.217. The minimum Gasteiger partial charge on any atom is -0.322 e. The highest BCUT2D eigenvalue weighted by Crippen LogP contribution is 2.24. The van der Waals surface area contributed by atoms with Crippen LogP contribution in [0.1, 0.15) is 35.3 Å². The number of thioether (sulfide) groups is 1. The zero-order valence-electron chi connectivity index (χ0n) is 19.5. The maximum Gasteiger partial charge on any atom is 0.258 e. The van der Waals surface area contributed by atoms with Crippen LogP contribution in [-0.4, -0.2) is 39.6 Å². The number of rotatable bonds is 6.